The molecular formula is C67H83N3. The summed E-state index contributed by atoms with van der Waals surface area (Å²) in [6.45, 7) is 11.2. The second-order valence-electron chi connectivity index (χ2n) is 20.4. The van der Waals surface area contributed by atoms with Crippen molar-refractivity contribution < 1.29 is 0 Å². The third-order valence-electron chi connectivity index (χ3n) is 16.1. The van der Waals surface area contributed by atoms with Gasteiger partial charge in [-0.25, -0.2) is 0 Å². The maximum Gasteiger partial charge on any atom is 0.0178 e. The van der Waals surface area contributed by atoms with Crippen LogP contribution in [0.2, 0.25) is 0 Å². The van der Waals surface area contributed by atoms with Gasteiger partial charge in [-0.05, 0) is 173 Å². The molecule has 0 aromatic heterocycles. The smallest absolute Gasteiger partial charge is 0.0178 e. The van der Waals surface area contributed by atoms with Gasteiger partial charge in [-0.1, -0.05) is 216 Å². The van der Waals surface area contributed by atoms with Crippen molar-refractivity contribution >= 4 is 0 Å². The van der Waals surface area contributed by atoms with E-state index in [1.807, 2.05) is 0 Å². The lowest BCUT2D eigenvalue weighted by Gasteiger charge is -2.31. The molecule has 8 atom stereocenters. The Kier molecular flexibility index (Phi) is 20.3. The van der Waals surface area contributed by atoms with Gasteiger partial charge < -0.3 is 17.2 Å². The summed E-state index contributed by atoms with van der Waals surface area (Å²) in [5.74, 6) is 3.52. The van der Waals surface area contributed by atoms with E-state index in [1.54, 1.807) is 0 Å². The van der Waals surface area contributed by atoms with Gasteiger partial charge in [0.05, 0.1) is 0 Å². The fourth-order valence-corrected chi connectivity index (χ4v) is 11.7. The van der Waals surface area contributed by atoms with Crippen LogP contribution in [-0.4, -0.2) is 0 Å². The third kappa shape index (κ3) is 14.3. The van der Waals surface area contributed by atoms with E-state index in [0.29, 0.717) is 67.0 Å². The summed E-state index contributed by atoms with van der Waals surface area (Å²) >= 11 is 0. The summed E-state index contributed by atoms with van der Waals surface area (Å²) in [5.41, 5.74) is 33.3. The number of benzene rings is 7. The molecule has 0 bridgehead atoms. The standard InChI is InChI=1S/C67H83N3/c1-5-52(56-18-12-9-13-19-56)40-66(62-32-26-50(47-69)27-33-62)44-64(57-20-14-10-15-21-57)41-54(7-3)60-36-38-61(39-37-60)55(8-4)42-65(58-22-16-11-17-23-58)45-67(63-34-28-51(48-70)29-35-63)43-53(6-2)59-30-24-49(46-68)25-31-59/h9-39,52-55,64-67H,5-8,40-48,68-70H2,1-4H3. The molecule has 3 heteroatoms. The molecule has 7 aromatic rings. The van der Waals surface area contributed by atoms with Crippen molar-refractivity contribution in [3.05, 3.63) is 249 Å². The Morgan fingerprint density at radius 2 is 0.400 bits per heavy atom. The molecule has 8 unspecified atom stereocenters. The van der Waals surface area contributed by atoms with Crippen LogP contribution >= 0.6 is 0 Å². The van der Waals surface area contributed by atoms with Crippen LogP contribution in [0.5, 0.6) is 0 Å². The quantitative estimate of drug-likeness (QED) is 0.0481. The monoisotopic (exact) mass is 930 g/mol. The average molecular weight is 930 g/mol. The van der Waals surface area contributed by atoms with E-state index >= 15 is 0 Å². The Morgan fingerprint density at radius 3 is 0.614 bits per heavy atom. The van der Waals surface area contributed by atoms with Crippen molar-refractivity contribution in [1.82, 2.24) is 0 Å². The zero-order valence-corrected chi connectivity index (χ0v) is 42.9. The molecule has 7 rings (SSSR count). The molecular weight excluding hydrogens is 847 g/mol. The Balaban J connectivity index is 1.14. The minimum Gasteiger partial charge on any atom is -0.326 e. The number of nitrogens with two attached hydrogens (primary N) is 3. The number of rotatable bonds is 27. The van der Waals surface area contributed by atoms with Crippen molar-refractivity contribution in [3.8, 4) is 0 Å². The van der Waals surface area contributed by atoms with E-state index < -0.39 is 0 Å². The molecule has 366 valence electrons. The molecule has 70 heavy (non-hydrogen) atoms. The van der Waals surface area contributed by atoms with Gasteiger partial charge >= 0.3 is 0 Å². The van der Waals surface area contributed by atoms with Crippen LogP contribution in [0, 0.1) is 0 Å². The Labute approximate surface area is 423 Å². The molecule has 0 fully saturated rings. The Morgan fingerprint density at radius 1 is 0.229 bits per heavy atom. The molecule has 0 heterocycles. The molecule has 0 aliphatic heterocycles. The predicted molar refractivity (Wildman–Crippen MR) is 300 cm³/mol. The van der Waals surface area contributed by atoms with Gasteiger partial charge in [0.15, 0.2) is 0 Å². The fraction of sp³-hybridized carbons (Fsp3) is 0.373. The van der Waals surface area contributed by atoms with Crippen LogP contribution in [0.4, 0.5) is 0 Å². The van der Waals surface area contributed by atoms with Gasteiger partial charge in [0.2, 0.25) is 0 Å². The molecule has 7 aromatic carbocycles. The minimum absolute atomic E-state index is 0.398. The third-order valence-corrected chi connectivity index (χ3v) is 16.1. The first kappa shape index (κ1) is 52.2. The van der Waals surface area contributed by atoms with Crippen LogP contribution in [-0.2, 0) is 19.6 Å². The summed E-state index contributed by atoms with van der Waals surface area (Å²) in [7, 11) is 0. The van der Waals surface area contributed by atoms with Crippen LogP contribution in [0.3, 0.4) is 0 Å². The molecule has 0 aliphatic carbocycles. The SMILES string of the molecule is CCC(CC(CC(CC(CC)c1ccccc1)c1ccc(CN)cc1)c1ccccc1)c1ccc(C(CC)CC(CC(CC(CC)c2ccc(CN)cc2)c2ccc(CN)cc2)c2ccccc2)cc1. The van der Waals surface area contributed by atoms with Gasteiger partial charge in [0.1, 0.15) is 0 Å². The van der Waals surface area contributed by atoms with E-state index in [9.17, 15) is 0 Å². The highest BCUT2D eigenvalue weighted by molar-refractivity contribution is 5.34. The van der Waals surface area contributed by atoms with Crippen LogP contribution in [0.25, 0.3) is 0 Å². The molecule has 0 spiro atoms. The van der Waals surface area contributed by atoms with Gasteiger partial charge in [0.25, 0.3) is 0 Å². The predicted octanol–water partition coefficient (Wildman–Crippen LogP) is 16.9. The van der Waals surface area contributed by atoms with Crippen LogP contribution < -0.4 is 17.2 Å². The molecule has 0 radical (unpaired) electrons. The minimum atomic E-state index is 0.398. The first-order valence-corrected chi connectivity index (χ1v) is 27.0. The highest BCUT2D eigenvalue weighted by Gasteiger charge is 2.29. The van der Waals surface area contributed by atoms with E-state index in [-0.39, 0.29) is 0 Å². The van der Waals surface area contributed by atoms with Gasteiger partial charge in [-0.3, -0.25) is 0 Å². The Hall–Kier alpha value is -5.58. The maximum atomic E-state index is 6.11. The normalized spacial score (nSPS) is 15.1. The fourth-order valence-electron chi connectivity index (χ4n) is 11.7. The summed E-state index contributed by atoms with van der Waals surface area (Å²) in [4.78, 5) is 0. The second-order valence-corrected chi connectivity index (χ2v) is 20.4. The largest absolute Gasteiger partial charge is 0.326 e. The lowest BCUT2D eigenvalue weighted by atomic mass is 9.73. The first-order chi connectivity index (χ1) is 34.4. The van der Waals surface area contributed by atoms with Crippen molar-refractivity contribution in [2.45, 2.75) is 159 Å². The number of hydrogen-bond acceptors (Lipinski definition) is 3. The van der Waals surface area contributed by atoms with Crippen molar-refractivity contribution in [3.63, 3.8) is 0 Å². The second kappa shape index (κ2) is 27.1. The van der Waals surface area contributed by atoms with Gasteiger partial charge in [-0.15, -0.1) is 0 Å². The van der Waals surface area contributed by atoms with E-state index in [2.05, 4.69) is 216 Å². The highest BCUT2D eigenvalue weighted by atomic mass is 14.5. The average Bonchev–Trinajstić information content (AvgIpc) is 3.43. The molecule has 0 amide bonds. The van der Waals surface area contributed by atoms with E-state index in [0.717, 1.165) is 64.2 Å². The van der Waals surface area contributed by atoms with Crippen LogP contribution in [0.1, 0.15) is 200 Å². The van der Waals surface area contributed by atoms with Crippen molar-refractivity contribution in [2.24, 2.45) is 17.2 Å². The van der Waals surface area contributed by atoms with Crippen molar-refractivity contribution in [2.75, 3.05) is 0 Å². The summed E-state index contributed by atoms with van der Waals surface area (Å²) in [6, 6.07) is 71.4. The zero-order chi connectivity index (χ0) is 49.1. The number of hydrogen-bond donors (Lipinski definition) is 3. The molecule has 0 saturated heterocycles. The first-order valence-electron chi connectivity index (χ1n) is 27.0. The van der Waals surface area contributed by atoms with Gasteiger partial charge in [0, 0.05) is 19.6 Å². The molecule has 6 N–H and O–H groups in total. The Bertz CT molecular complexity index is 2500. The lowest BCUT2D eigenvalue weighted by Crippen LogP contribution is -2.14. The maximum absolute atomic E-state index is 6.11. The van der Waals surface area contributed by atoms with E-state index in [4.69, 9.17) is 17.2 Å². The summed E-state index contributed by atoms with van der Waals surface area (Å²) < 4.78 is 0. The van der Waals surface area contributed by atoms with E-state index in [1.165, 1.54) is 61.2 Å². The molecule has 3 nitrogen and oxygen atoms in total. The zero-order valence-electron chi connectivity index (χ0n) is 42.9. The lowest BCUT2D eigenvalue weighted by molar-refractivity contribution is 0.417. The van der Waals surface area contributed by atoms with Gasteiger partial charge in [-0.2, -0.15) is 0 Å². The summed E-state index contributed by atoms with van der Waals surface area (Å²) in [6.07, 6.45) is 11.1. The molecule has 0 aliphatic rings. The topological polar surface area (TPSA) is 78.1 Å². The summed E-state index contributed by atoms with van der Waals surface area (Å²) in [5, 5.41) is 0. The van der Waals surface area contributed by atoms with Crippen molar-refractivity contribution in [1.29, 1.82) is 0 Å². The highest BCUT2D eigenvalue weighted by Crippen LogP contribution is 2.45. The van der Waals surface area contributed by atoms with Crippen LogP contribution in [0.15, 0.2) is 188 Å². The molecule has 0 saturated carbocycles.